The molecule has 1 aliphatic carbocycles. The van der Waals surface area contributed by atoms with Gasteiger partial charge in [-0.1, -0.05) is 13.8 Å². The molecule has 2 rings (SSSR count). The monoisotopic (exact) mass is 181 g/mol. The first-order valence-electron chi connectivity index (χ1n) is 5.91. The maximum atomic E-state index is 2.73. The molecule has 1 saturated heterocycles. The Morgan fingerprint density at radius 3 is 2.08 bits per heavy atom. The van der Waals surface area contributed by atoms with Crippen molar-refractivity contribution < 1.29 is 0 Å². The Bertz CT molecular complexity index is 158. The van der Waals surface area contributed by atoms with Gasteiger partial charge in [0.15, 0.2) is 0 Å². The van der Waals surface area contributed by atoms with Crippen molar-refractivity contribution in [1.29, 1.82) is 0 Å². The molecule has 0 bridgehead atoms. The first-order chi connectivity index (χ1) is 6.17. The third-order valence-electron chi connectivity index (χ3n) is 3.97. The van der Waals surface area contributed by atoms with E-state index in [1.54, 1.807) is 0 Å². The predicted molar refractivity (Wildman–Crippen MR) is 56.8 cm³/mol. The fraction of sp³-hybridized carbons (Fsp3) is 1.00. The van der Waals surface area contributed by atoms with Gasteiger partial charge in [-0.25, -0.2) is 0 Å². The molecule has 1 nitrogen and oxygen atoms in total. The Balaban J connectivity index is 1.83. The minimum Gasteiger partial charge on any atom is -0.300 e. The summed E-state index contributed by atoms with van der Waals surface area (Å²) in [6.07, 6.45) is 8.67. The zero-order valence-corrected chi connectivity index (χ0v) is 9.18. The van der Waals surface area contributed by atoms with Crippen molar-refractivity contribution in [2.24, 2.45) is 5.41 Å². The third kappa shape index (κ3) is 2.25. The van der Waals surface area contributed by atoms with Crippen LogP contribution in [0, 0.1) is 5.41 Å². The molecule has 0 aromatic carbocycles. The topological polar surface area (TPSA) is 3.24 Å². The van der Waals surface area contributed by atoms with Crippen LogP contribution in [0.25, 0.3) is 0 Å². The van der Waals surface area contributed by atoms with Crippen LogP contribution in [0.4, 0.5) is 0 Å². The van der Waals surface area contributed by atoms with Crippen LogP contribution in [0.1, 0.15) is 52.4 Å². The fourth-order valence-electron chi connectivity index (χ4n) is 2.86. The van der Waals surface area contributed by atoms with Crippen molar-refractivity contribution in [2.75, 3.05) is 13.1 Å². The lowest BCUT2D eigenvalue weighted by molar-refractivity contribution is 0.127. The van der Waals surface area contributed by atoms with E-state index in [1.807, 2.05) is 0 Å². The molecule has 0 amide bonds. The van der Waals surface area contributed by atoms with E-state index in [0.717, 1.165) is 6.04 Å². The second kappa shape index (κ2) is 3.61. The highest BCUT2D eigenvalue weighted by atomic mass is 15.2. The lowest BCUT2D eigenvalue weighted by Gasteiger charge is -2.38. The summed E-state index contributed by atoms with van der Waals surface area (Å²) in [5.41, 5.74) is 0.635. The van der Waals surface area contributed by atoms with Gasteiger partial charge >= 0.3 is 0 Å². The highest BCUT2D eigenvalue weighted by Gasteiger charge is 2.30. The van der Waals surface area contributed by atoms with Gasteiger partial charge in [0, 0.05) is 6.04 Å². The van der Waals surface area contributed by atoms with E-state index in [-0.39, 0.29) is 0 Å². The largest absolute Gasteiger partial charge is 0.300 e. The molecule has 13 heavy (non-hydrogen) atoms. The SMILES string of the molecule is CC1(C)CCC(N2CCCC2)CC1. The number of likely N-dealkylation sites (tertiary alicyclic amines) is 1. The maximum Gasteiger partial charge on any atom is 0.00956 e. The molecule has 2 fully saturated rings. The van der Waals surface area contributed by atoms with Crippen molar-refractivity contribution in [1.82, 2.24) is 4.90 Å². The van der Waals surface area contributed by atoms with E-state index in [2.05, 4.69) is 18.7 Å². The van der Waals surface area contributed by atoms with Gasteiger partial charge in [0.25, 0.3) is 0 Å². The second-order valence-electron chi connectivity index (χ2n) is 5.64. The van der Waals surface area contributed by atoms with Gasteiger partial charge in [-0.3, -0.25) is 0 Å². The molecule has 0 radical (unpaired) electrons. The summed E-state index contributed by atoms with van der Waals surface area (Å²) in [7, 11) is 0. The minimum atomic E-state index is 0.635. The molecule has 1 heterocycles. The predicted octanol–water partition coefficient (Wildman–Crippen LogP) is 3.05. The Morgan fingerprint density at radius 1 is 1.00 bits per heavy atom. The molecular weight excluding hydrogens is 158 g/mol. The lowest BCUT2D eigenvalue weighted by Crippen LogP contribution is -2.37. The molecule has 76 valence electrons. The van der Waals surface area contributed by atoms with Crippen LogP contribution in [0.5, 0.6) is 0 Å². The van der Waals surface area contributed by atoms with Gasteiger partial charge < -0.3 is 4.90 Å². The van der Waals surface area contributed by atoms with Gasteiger partial charge in [-0.15, -0.1) is 0 Å². The van der Waals surface area contributed by atoms with E-state index in [4.69, 9.17) is 0 Å². The Kier molecular flexibility index (Phi) is 2.64. The van der Waals surface area contributed by atoms with Gasteiger partial charge in [0.05, 0.1) is 0 Å². The second-order valence-corrected chi connectivity index (χ2v) is 5.64. The summed E-state index contributed by atoms with van der Waals surface area (Å²) >= 11 is 0. The smallest absolute Gasteiger partial charge is 0.00956 e. The number of rotatable bonds is 1. The standard InChI is InChI=1S/C12H23N/c1-12(2)7-5-11(6-8-12)13-9-3-4-10-13/h11H,3-10H2,1-2H3. The Hall–Kier alpha value is -0.0400. The molecule has 1 heteroatoms. The molecule has 0 N–H and O–H groups in total. The quantitative estimate of drug-likeness (QED) is 0.601. The summed E-state index contributed by atoms with van der Waals surface area (Å²) in [5.74, 6) is 0. The summed E-state index contributed by atoms with van der Waals surface area (Å²) < 4.78 is 0. The van der Waals surface area contributed by atoms with E-state index >= 15 is 0 Å². The first-order valence-corrected chi connectivity index (χ1v) is 5.91. The summed E-state index contributed by atoms with van der Waals surface area (Å²) in [5, 5.41) is 0. The Morgan fingerprint density at radius 2 is 1.54 bits per heavy atom. The number of hydrogen-bond donors (Lipinski definition) is 0. The van der Waals surface area contributed by atoms with Crippen LogP contribution in [0.15, 0.2) is 0 Å². The molecular formula is C12H23N. The lowest BCUT2D eigenvalue weighted by atomic mass is 9.75. The van der Waals surface area contributed by atoms with Crippen LogP contribution in [0.3, 0.4) is 0 Å². The highest BCUT2D eigenvalue weighted by Crippen LogP contribution is 2.37. The van der Waals surface area contributed by atoms with Crippen LogP contribution in [0.2, 0.25) is 0 Å². The van der Waals surface area contributed by atoms with Gasteiger partial charge in [-0.2, -0.15) is 0 Å². The summed E-state index contributed by atoms with van der Waals surface area (Å²) in [4.78, 5) is 2.73. The van der Waals surface area contributed by atoms with Gasteiger partial charge in [-0.05, 0) is 57.0 Å². The van der Waals surface area contributed by atoms with Crippen LogP contribution >= 0.6 is 0 Å². The molecule has 0 atom stereocenters. The average Bonchev–Trinajstić information content (AvgIpc) is 2.56. The summed E-state index contributed by atoms with van der Waals surface area (Å²) in [6.45, 7) is 7.61. The molecule has 2 aliphatic rings. The Labute approximate surface area is 82.5 Å². The average molecular weight is 181 g/mol. The van der Waals surface area contributed by atoms with E-state index in [9.17, 15) is 0 Å². The van der Waals surface area contributed by atoms with Crippen molar-refractivity contribution in [2.45, 2.75) is 58.4 Å². The zero-order valence-electron chi connectivity index (χ0n) is 9.18. The number of nitrogens with zero attached hydrogens (tertiary/aromatic N) is 1. The highest BCUT2D eigenvalue weighted by molar-refractivity contribution is 4.85. The van der Waals surface area contributed by atoms with Gasteiger partial charge in [0.1, 0.15) is 0 Å². The van der Waals surface area contributed by atoms with Crippen molar-refractivity contribution in [3.8, 4) is 0 Å². The van der Waals surface area contributed by atoms with Crippen LogP contribution < -0.4 is 0 Å². The van der Waals surface area contributed by atoms with Crippen molar-refractivity contribution >= 4 is 0 Å². The zero-order chi connectivity index (χ0) is 9.31. The van der Waals surface area contributed by atoms with Crippen LogP contribution in [-0.2, 0) is 0 Å². The normalized spacial score (nSPS) is 30.9. The molecule has 0 aromatic rings. The number of hydrogen-bond acceptors (Lipinski definition) is 1. The molecule has 0 spiro atoms. The molecule has 1 aliphatic heterocycles. The van der Waals surface area contributed by atoms with E-state index in [0.29, 0.717) is 5.41 Å². The third-order valence-corrected chi connectivity index (χ3v) is 3.97. The van der Waals surface area contributed by atoms with Crippen molar-refractivity contribution in [3.63, 3.8) is 0 Å². The first kappa shape index (κ1) is 9.51. The molecule has 1 saturated carbocycles. The van der Waals surface area contributed by atoms with E-state index in [1.165, 1.54) is 51.6 Å². The van der Waals surface area contributed by atoms with Crippen molar-refractivity contribution in [3.05, 3.63) is 0 Å². The van der Waals surface area contributed by atoms with E-state index < -0.39 is 0 Å². The van der Waals surface area contributed by atoms with Gasteiger partial charge in [0.2, 0.25) is 0 Å². The summed E-state index contributed by atoms with van der Waals surface area (Å²) in [6, 6.07) is 0.940. The minimum absolute atomic E-state index is 0.635. The molecule has 0 unspecified atom stereocenters. The maximum absolute atomic E-state index is 2.73. The fourth-order valence-corrected chi connectivity index (χ4v) is 2.86. The van der Waals surface area contributed by atoms with Crippen LogP contribution in [-0.4, -0.2) is 24.0 Å². The molecule has 0 aromatic heterocycles.